The van der Waals surface area contributed by atoms with Crippen LogP contribution < -0.4 is 10.5 Å². The van der Waals surface area contributed by atoms with Crippen LogP contribution in [0.2, 0.25) is 0 Å². The van der Waals surface area contributed by atoms with Crippen molar-refractivity contribution in [3.05, 3.63) is 42.5 Å². The lowest BCUT2D eigenvalue weighted by Gasteiger charge is -2.30. The van der Waals surface area contributed by atoms with E-state index in [4.69, 9.17) is 10.5 Å². The van der Waals surface area contributed by atoms with E-state index in [1.807, 2.05) is 0 Å². The second kappa shape index (κ2) is 6.92. The predicted molar refractivity (Wildman–Crippen MR) is 80.0 cm³/mol. The second-order valence-electron chi connectivity index (χ2n) is 5.10. The summed E-state index contributed by atoms with van der Waals surface area (Å²) in [6.07, 6.45) is 2.92. The minimum Gasteiger partial charge on any atom is -0.490 e. The van der Waals surface area contributed by atoms with Gasteiger partial charge in [0, 0.05) is 24.6 Å². The van der Waals surface area contributed by atoms with Gasteiger partial charge in [0.25, 0.3) is 5.91 Å². The van der Waals surface area contributed by atoms with Crippen LogP contribution >= 0.6 is 0 Å². The number of benzene rings is 1. The molecule has 0 spiro atoms. The summed E-state index contributed by atoms with van der Waals surface area (Å²) in [5, 5.41) is 0. The highest BCUT2D eigenvalue weighted by molar-refractivity contribution is 5.94. The molecule has 2 amide bonds. The third-order valence-electron chi connectivity index (χ3n) is 3.63. The van der Waals surface area contributed by atoms with Gasteiger partial charge in [-0.2, -0.15) is 0 Å². The predicted octanol–water partition coefficient (Wildman–Crippen LogP) is 1.59. The fraction of sp³-hybridized carbons (Fsp3) is 0.375. The highest BCUT2D eigenvalue weighted by Gasteiger charge is 2.26. The summed E-state index contributed by atoms with van der Waals surface area (Å²) in [5.74, 6) is 0.216. The van der Waals surface area contributed by atoms with Crippen molar-refractivity contribution in [1.29, 1.82) is 0 Å². The number of hydrogen-bond acceptors (Lipinski definition) is 3. The Bertz CT molecular complexity index is 534. The number of nitrogens with zero attached hydrogens (tertiary/aromatic N) is 1. The van der Waals surface area contributed by atoms with Gasteiger partial charge in [0.05, 0.1) is 0 Å². The van der Waals surface area contributed by atoms with E-state index in [-0.39, 0.29) is 17.7 Å². The number of hydrogen-bond donors (Lipinski definition) is 1. The number of piperidine rings is 1. The minimum absolute atomic E-state index is 0.0398. The SMILES string of the molecule is C=CCOc1cccc(C(=O)N2CCC(C(N)=O)CC2)c1. The molecule has 5 nitrogen and oxygen atoms in total. The summed E-state index contributed by atoms with van der Waals surface area (Å²) in [6.45, 7) is 5.11. The van der Waals surface area contributed by atoms with E-state index in [1.54, 1.807) is 35.2 Å². The Balaban J connectivity index is 2.00. The van der Waals surface area contributed by atoms with E-state index in [2.05, 4.69) is 6.58 Å². The van der Waals surface area contributed by atoms with Crippen LogP contribution in [0.1, 0.15) is 23.2 Å². The van der Waals surface area contributed by atoms with Crippen LogP contribution in [0.15, 0.2) is 36.9 Å². The van der Waals surface area contributed by atoms with E-state index < -0.39 is 0 Å². The number of carbonyl (C=O) groups excluding carboxylic acids is 2. The molecule has 0 saturated carbocycles. The molecular formula is C16H20N2O3. The molecule has 2 rings (SSSR count). The number of rotatable bonds is 5. The third kappa shape index (κ3) is 3.84. The Kier molecular flexibility index (Phi) is 4.98. The molecule has 21 heavy (non-hydrogen) atoms. The first-order valence-electron chi connectivity index (χ1n) is 7.04. The van der Waals surface area contributed by atoms with Crippen LogP contribution in [0, 0.1) is 5.92 Å². The average molecular weight is 288 g/mol. The molecule has 112 valence electrons. The van der Waals surface area contributed by atoms with Crippen LogP contribution in [0.25, 0.3) is 0 Å². The molecule has 0 aliphatic carbocycles. The van der Waals surface area contributed by atoms with Crippen molar-refractivity contribution in [1.82, 2.24) is 4.90 Å². The second-order valence-corrected chi connectivity index (χ2v) is 5.10. The number of likely N-dealkylation sites (tertiary alicyclic amines) is 1. The first kappa shape index (κ1) is 15.1. The van der Waals surface area contributed by atoms with Gasteiger partial charge in [-0.15, -0.1) is 0 Å². The lowest BCUT2D eigenvalue weighted by atomic mass is 9.96. The Morgan fingerprint density at radius 3 is 2.71 bits per heavy atom. The molecule has 1 heterocycles. The lowest BCUT2D eigenvalue weighted by Crippen LogP contribution is -2.41. The zero-order valence-electron chi connectivity index (χ0n) is 12.0. The maximum atomic E-state index is 12.4. The Hall–Kier alpha value is -2.30. The molecule has 1 fully saturated rings. The molecule has 1 saturated heterocycles. The molecular weight excluding hydrogens is 268 g/mol. The smallest absolute Gasteiger partial charge is 0.253 e. The maximum Gasteiger partial charge on any atom is 0.253 e. The van der Waals surface area contributed by atoms with Crippen molar-refractivity contribution in [2.45, 2.75) is 12.8 Å². The molecule has 2 N–H and O–H groups in total. The molecule has 1 aromatic rings. The van der Waals surface area contributed by atoms with Crippen molar-refractivity contribution in [3.63, 3.8) is 0 Å². The van der Waals surface area contributed by atoms with Crippen LogP contribution in [0.5, 0.6) is 5.75 Å². The van der Waals surface area contributed by atoms with Crippen molar-refractivity contribution in [2.75, 3.05) is 19.7 Å². The molecule has 5 heteroatoms. The molecule has 1 aliphatic heterocycles. The van der Waals surface area contributed by atoms with Crippen LogP contribution in [-0.2, 0) is 4.79 Å². The molecule has 0 aromatic heterocycles. The zero-order chi connectivity index (χ0) is 15.2. The molecule has 0 radical (unpaired) electrons. The number of carbonyl (C=O) groups is 2. The molecule has 1 aromatic carbocycles. The summed E-state index contributed by atoms with van der Waals surface area (Å²) in [7, 11) is 0. The highest BCUT2D eigenvalue weighted by Crippen LogP contribution is 2.20. The maximum absolute atomic E-state index is 12.4. The average Bonchev–Trinajstić information content (AvgIpc) is 2.52. The summed E-state index contributed by atoms with van der Waals surface area (Å²) >= 11 is 0. The minimum atomic E-state index is -0.276. The summed E-state index contributed by atoms with van der Waals surface area (Å²) in [5.41, 5.74) is 5.89. The van der Waals surface area contributed by atoms with Crippen LogP contribution in [0.3, 0.4) is 0 Å². The van der Waals surface area contributed by atoms with Gasteiger partial charge in [0.2, 0.25) is 5.91 Å². The van der Waals surface area contributed by atoms with Gasteiger partial charge >= 0.3 is 0 Å². The number of nitrogens with two attached hydrogens (primary N) is 1. The van der Waals surface area contributed by atoms with Gasteiger partial charge in [-0.1, -0.05) is 18.7 Å². The number of primary amides is 1. The molecule has 1 aliphatic rings. The van der Waals surface area contributed by atoms with Gasteiger partial charge in [-0.05, 0) is 31.0 Å². The van der Waals surface area contributed by atoms with Crippen molar-refractivity contribution in [3.8, 4) is 5.75 Å². The summed E-state index contributed by atoms with van der Waals surface area (Å²) in [4.78, 5) is 25.3. The zero-order valence-corrected chi connectivity index (χ0v) is 12.0. The van der Waals surface area contributed by atoms with Gasteiger partial charge in [-0.3, -0.25) is 9.59 Å². The van der Waals surface area contributed by atoms with E-state index in [0.717, 1.165) is 0 Å². The molecule has 0 atom stereocenters. The Labute approximate surface area is 124 Å². The normalized spacial score (nSPS) is 15.5. The Morgan fingerprint density at radius 2 is 2.10 bits per heavy atom. The standard InChI is InChI=1S/C16H20N2O3/c1-2-10-21-14-5-3-4-13(11-14)16(20)18-8-6-12(7-9-18)15(17)19/h2-5,11-12H,1,6-10H2,(H2,17,19). The summed E-state index contributed by atoms with van der Waals surface area (Å²) in [6, 6.07) is 7.09. The summed E-state index contributed by atoms with van der Waals surface area (Å²) < 4.78 is 5.43. The van der Waals surface area contributed by atoms with Crippen molar-refractivity contribution in [2.24, 2.45) is 11.7 Å². The topological polar surface area (TPSA) is 72.6 Å². The quantitative estimate of drug-likeness (QED) is 0.836. The van der Waals surface area contributed by atoms with Crippen LogP contribution in [-0.4, -0.2) is 36.4 Å². The van der Waals surface area contributed by atoms with E-state index >= 15 is 0 Å². The largest absolute Gasteiger partial charge is 0.490 e. The highest BCUT2D eigenvalue weighted by atomic mass is 16.5. The van der Waals surface area contributed by atoms with Gasteiger partial charge in [0.1, 0.15) is 12.4 Å². The van der Waals surface area contributed by atoms with Crippen molar-refractivity contribution >= 4 is 11.8 Å². The van der Waals surface area contributed by atoms with Gasteiger partial charge in [-0.25, -0.2) is 0 Å². The van der Waals surface area contributed by atoms with Gasteiger partial charge in [0.15, 0.2) is 0 Å². The fourth-order valence-corrected chi connectivity index (χ4v) is 2.42. The first-order valence-corrected chi connectivity index (χ1v) is 7.04. The molecule has 0 bridgehead atoms. The first-order chi connectivity index (χ1) is 10.1. The van der Waals surface area contributed by atoms with Crippen molar-refractivity contribution < 1.29 is 14.3 Å². The van der Waals surface area contributed by atoms with Gasteiger partial charge < -0.3 is 15.4 Å². The molecule has 0 unspecified atom stereocenters. The fourth-order valence-electron chi connectivity index (χ4n) is 2.42. The van der Waals surface area contributed by atoms with E-state index in [9.17, 15) is 9.59 Å². The monoisotopic (exact) mass is 288 g/mol. The Morgan fingerprint density at radius 1 is 1.38 bits per heavy atom. The van der Waals surface area contributed by atoms with Crippen LogP contribution in [0.4, 0.5) is 0 Å². The van der Waals surface area contributed by atoms with E-state index in [1.165, 1.54) is 0 Å². The third-order valence-corrected chi connectivity index (χ3v) is 3.63. The lowest BCUT2D eigenvalue weighted by molar-refractivity contribution is -0.123. The number of amides is 2. The number of ether oxygens (including phenoxy) is 1. The van der Waals surface area contributed by atoms with E-state index in [0.29, 0.717) is 43.9 Å².